The van der Waals surface area contributed by atoms with Gasteiger partial charge in [-0.25, -0.2) is 0 Å². The molecule has 3 rings (SSSR count). The number of nitrogens with one attached hydrogen (secondary N) is 1. The van der Waals surface area contributed by atoms with E-state index in [9.17, 15) is 9.59 Å². The van der Waals surface area contributed by atoms with Crippen molar-refractivity contribution < 1.29 is 19.1 Å². The predicted octanol–water partition coefficient (Wildman–Crippen LogP) is 2.90. The zero-order chi connectivity index (χ0) is 19.9. The van der Waals surface area contributed by atoms with Crippen molar-refractivity contribution in [2.75, 3.05) is 13.3 Å². The Morgan fingerprint density at radius 1 is 1.07 bits per heavy atom. The lowest BCUT2D eigenvalue weighted by Crippen LogP contribution is -2.47. The SMILES string of the molecule is CCNC(=O)[C@H](C)N(Cc1ccccc1)C(=O)CCc1ccc2c(c1)OCO2. The number of hydrogen-bond acceptors (Lipinski definition) is 4. The van der Waals surface area contributed by atoms with E-state index in [1.807, 2.05) is 55.5 Å². The zero-order valence-electron chi connectivity index (χ0n) is 16.3. The summed E-state index contributed by atoms with van der Waals surface area (Å²) in [6, 6.07) is 14.9. The highest BCUT2D eigenvalue weighted by Gasteiger charge is 2.25. The predicted molar refractivity (Wildman–Crippen MR) is 106 cm³/mol. The summed E-state index contributed by atoms with van der Waals surface area (Å²) in [5, 5.41) is 2.81. The van der Waals surface area contributed by atoms with Crippen molar-refractivity contribution in [3.05, 3.63) is 59.7 Å². The summed E-state index contributed by atoms with van der Waals surface area (Å²) in [6.07, 6.45) is 0.888. The Kier molecular flexibility index (Phi) is 6.53. The van der Waals surface area contributed by atoms with Gasteiger partial charge in [-0.2, -0.15) is 0 Å². The summed E-state index contributed by atoms with van der Waals surface area (Å²) in [5.74, 6) is 1.24. The van der Waals surface area contributed by atoms with Crippen LogP contribution in [0.1, 0.15) is 31.4 Å². The van der Waals surface area contributed by atoms with Gasteiger partial charge in [-0.3, -0.25) is 9.59 Å². The molecular formula is C22H26N2O4. The van der Waals surface area contributed by atoms with Crippen LogP contribution in [0, 0.1) is 0 Å². The summed E-state index contributed by atoms with van der Waals surface area (Å²) in [6.45, 7) is 4.81. The lowest BCUT2D eigenvalue weighted by atomic mass is 10.1. The van der Waals surface area contributed by atoms with Gasteiger partial charge in [-0.15, -0.1) is 0 Å². The minimum Gasteiger partial charge on any atom is -0.454 e. The van der Waals surface area contributed by atoms with E-state index >= 15 is 0 Å². The summed E-state index contributed by atoms with van der Waals surface area (Å²) >= 11 is 0. The maximum atomic E-state index is 13.0. The second kappa shape index (κ2) is 9.26. The Morgan fingerprint density at radius 3 is 2.57 bits per heavy atom. The number of hydrogen-bond donors (Lipinski definition) is 1. The number of rotatable bonds is 8. The maximum Gasteiger partial charge on any atom is 0.242 e. The van der Waals surface area contributed by atoms with Crippen LogP contribution in [0.5, 0.6) is 11.5 Å². The molecule has 0 saturated heterocycles. The van der Waals surface area contributed by atoms with Gasteiger partial charge in [0, 0.05) is 19.5 Å². The van der Waals surface area contributed by atoms with E-state index in [0.29, 0.717) is 31.7 Å². The standard InChI is InChI=1S/C22H26N2O4/c1-3-23-22(26)16(2)24(14-18-7-5-4-6-8-18)21(25)12-10-17-9-11-19-20(13-17)28-15-27-19/h4-9,11,13,16H,3,10,12,14-15H2,1-2H3,(H,23,26)/t16-/m0/s1. The molecule has 0 saturated carbocycles. The van der Waals surface area contributed by atoms with E-state index in [2.05, 4.69) is 5.32 Å². The number of likely N-dealkylation sites (N-methyl/N-ethyl adjacent to an activating group) is 1. The lowest BCUT2D eigenvalue weighted by molar-refractivity contribution is -0.140. The molecule has 6 heteroatoms. The molecule has 6 nitrogen and oxygen atoms in total. The van der Waals surface area contributed by atoms with Gasteiger partial charge in [0.15, 0.2) is 11.5 Å². The normalized spacial score (nSPS) is 13.1. The number of nitrogens with zero attached hydrogens (tertiary/aromatic N) is 1. The molecule has 28 heavy (non-hydrogen) atoms. The molecule has 0 aliphatic carbocycles. The highest BCUT2D eigenvalue weighted by Crippen LogP contribution is 2.32. The third kappa shape index (κ3) is 4.82. The number of benzene rings is 2. The van der Waals surface area contributed by atoms with Gasteiger partial charge in [-0.05, 0) is 43.5 Å². The van der Waals surface area contributed by atoms with Crippen LogP contribution in [0.3, 0.4) is 0 Å². The minimum absolute atomic E-state index is 0.0553. The van der Waals surface area contributed by atoms with E-state index in [0.717, 1.165) is 16.9 Å². The molecule has 0 radical (unpaired) electrons. The molecular weight excluding hydrogens is 356 g/mol. The fourth-order valence-corrected chi connectivity index (χ4v) is 3.18. The molecule has 2 aromatic rings. The number of ether oxygens (including phenoxy) is 2. The van der Waals surface area contributed by atoms with Crippen molar-refractivity contribution in [1.82, 2.24) is 10.2 Å². The number of fused-ring (bicyclic) bond motifs is 1. The Balaban J connectivity index is 1.69. The minimum atomic E-state index is -0.538. The molecule has 2 aromatic carbocycles. The average molecular weight is 382 g/mol. The number of carbonyl (C=O) groups excluding carboxylic acids is 2. The van der Waals surface area contributed by atoms with Crippen LogP contribution in [-0.2, 0) is 22.6 Å². The van der Waals surface area contributed by atoms with Crippen molar-refractivity contribution in [2.24, 2.45) is 0 Å². The van der Waals surface area contributed by atoms with Crippen LogP contribution in [0.25, 0.3) is 0 Å². The molecule has 0 bridgehead atoms. The Bertz CT molecular complexity index is 823. The van der Waals surface area contributed by atoms with Gasteiger partial charge in [0.1, 0.15) is 6.04 Å². The number of amides is 2. The van der Waals surface area contributed by atoms with Gasteiger partial charge in [0.25, 0.3) is 0 Å². The molecule has 1 aliphatic heterocycles. The van der Waals surface area contributed by atoms with Crippen LogP contribution in [0.4, 0.5) is 0 Å². The molecule has 1 atom stereocenters. The van der Waals surface area contributed by atoms with E-state index in [1.54, 1.807) is 11.8 Å². The van der Waals surface area contributed by atoms with E-state index in [4.69, 9.17) is 9.47 Å². The molecule has 0 spiro atoms. The Morgan fingerprint density at radius 2 is 1.82 bits per heavy atom. The largest absolute Gasteiger partial charge is 0.454 e. The van der Waals surface area contributed by atoms with Crippen molar-refractivity contribution >= 4 is 11.8 Å². The van der Waals surface area contributed by atoms with Crippen LogP contribution in [-0.4, -0.2) is 36.1 Å². The van der Waals surface area contributed by atoms with Crippen LogP contribution >= 0.6 is 0 Å². The molecule has 1 aliphatic rings. The molecule has 0 unspecified atom stereocenters. The van der Waals surface area contributed by atoms with Gasteiger partial charge >= 0.3 is 0 Å². The highest BCUT2D eigenvalue weighted by molar-refractivity contribution is 5.87. The first-order chi connectivity index (χ1) is 13.6. The average Bonchev–Trinajstić information content (AvgIpc) is 3.18. The van der Waals surface area contributed by atoms with Crippen molar-refractivity contribution in [3.63, 3.8) is 0 Å². The van der Waals surface area contributed by atoms with Crippen LogP contribution in [0.15, 0.2) is 48.5 Å². The molecule has 2 amide bonds. The summed E-state index contributed by atoms with van der Waals surface area (Å²) in [4.78, 5) is 27.0. The van der Waals surface area contributed by atoms with E-state index in [1.165, 1.54) is 0 Å². The topological polar surface area (TPSA) is 67.9 Å². The van der Waals surface area contributed by atoms with Gasteiger partial charge in [0.2, 0.25) is 18.6 Å². The maximum absolute atomic E-state index is 13.0. The van der Waals surface area contributed by atoms with E-state index < -0.39 is 6.04 Å². The smallest absolute Gasteiger partial charge is 0.242 e. The summed E-state index contributed by atoms with van der Waals surface area (Å²) in [5.41, 5.74) is 2.00. The van der Waals surface area contributed by atoms with Crippen molar-refractivity contribution in [1.29, 1.82) is 0 Å². The van der Waals surface area contributed by atoms with E-state index in [-0.39, 0.29) is 18.6 Å². The van der Waals surface area contributed by atoms with Crippen molar-refractivity contribution in [2.45, 2.75) is 39.3 Å². The quantitative estimate of drug-likeness (QED) is 0.762. The van der Waals surface area contributed by atoms with Gasteiger partial charge in [0.05, 0.1) is 0 Å². The first kappa shape index (κ1) is 19.7. The fraction of sp³-hybridized carbons (Fsp3) is 0.364. The third-order valence-electron chi connectivity index (χ3n) is 4.78. The Labute approximate surface area is 165 Å². The highest BCUT2D eigenvalue weighted by atomic mass is 16.7. The molecule has 0 fully saturated rings. The zero-order valence-corrected chi connectivity index (χ0v) is 16.3. The summed E-state index contributed by atoms with van der Waals surface area (Å²) in [7, 11) is 0. The molecule has 148 valence electrons. The monoisotopic (exact) mass is 382 g/mol. The second-order valence-electron chi connectivity index (χ2n) is 6.77. The molecule has 1 N–H and O–H groups in total. The van der Waals surface area contributed by atoms with Gasteiger partial charge < -0.3 is 19.7 Å². The molecule has 0 aromatic heterocycles. The van der Waals surface area contributed by atoms with Gasteiger partial charge in [-0.1, -0.05) is 36.4 Å². The third-order valence-corrected chi connectivity index (χ3v) is 4.78. The number of carbonyl (C=O) groups is 2. The van der Waals surface area contributed by atoms with Crippen LogP contribution in [0.2, 0.25) is 0 Å². The first-order valence-electron chi connectivity index (χ1n) is 9.58. The fourth-order valence-electron chi connectivity index (χ4n) is 3.18. The molecule has 1 heterocycles. The second-order valence-corrected chi connectivity index (χ2v) is 6.77. The summed E-state index contributed by atoms with van der Waals surface area (Å²) < 4.78 is 10.7. The van der Waals surface area contributed by atoms with Crippen LogP contribution < -0.4 is 14.8 Å². The Hall–Kier alpha value is -3.02. The number of aryl methyl sites for hydroxylation is 1. The lowest BCUT2D eigenvalue weighted by Gasteiger charge is -2.28. The first-order valence-corrected chi connectivity index (χ1v) is 9.58. The van der Waals surface area contributed by atoms with Crippen molar-refractivity contribution in [3.8, 4) is 11.5 Å².